The Hall–Kier alpha value is -2.42. The molecule has 3 aromatic heterocycles. The Kier molecular flexibility index (Phi) is 1.75. The maximum Gasteiger partial charge on any atom is 0.0802 e. The molecule has 0 bridgehead atoms. The van der Waals surface area contributed by atoms with Crippen LogP contribution in [0.2, 0.25) is 0 Å². The summed E-state index contributed by atoms with van der Waals surface area (Å²) >= 11 is 0. The summed E-state index contributed by atoms with van der Waals surface area (Å²) in [4.78, 5) is 8.78. The standard InChI is InChI=1S/C15H11N3/c1-18-8-5-12-14-10(3-2-6-17-14)13-9-16-7-4-11(13)15(12)18/h2-9H,1H3. The zero-order chi connectivity index (χ0) is 12.1. The highest BCUT2D eigenvalue weighted by atomic mass is 14.9. The molecular formula is C15H11N3. The topological polar surface area (TPSA) is 30.7 Å². The number of aryl methyl sites for hydroxylation is 1. The van der Waals surface area contributed by atoms with Crippen LogP contribution in [0.25, 0.3) is 32.6 Å². The molecule has 0 aliphatic rings. The number of nitrogens with zero attached hydrogens (tertiary/aromatic N) is 3. The zero-order valence-corrected chi connectivity index (χ0v) is 9.96. The molecule has 0 fully saturated rings. The van der Waals surface area contributed by atoms with E-state index in [0.29, 0.717) is 0 Å². The first-order valence-corrected chi connectivity index (χ1v) is 5.92. The fourth-order valence-electron chi connectivity index (χ4n) is 2.71. The lowest BCUT2D eigenvalue weighted by Crippen LogP contribution is -1.89. The summed E-state index contributed by atoms with van der Waals surface area (Å²) in [5, 5.41) is 4.76. The van der Waals surface area contributed by atoms with Crippen molar-refractivity contribution in [1.82, 2.24) is 14.5 Å². The van der Waals surface area contributed by atoms with E-state index in [1.54, 1.807) is 0 Å². The van der Waals surface area contributed by atoms with Gasteiger partial charge in [0.2, 0.25) is 0 Å². The van der Waals surface area contributed by atoms with Gasteiger partial charge in [-0.1, -0.05) is 6.07 Å². The number of pyridine rings is 2. The van der Waals surface area contributed by atoms with Gasteiger partial charge in [0.25, 0.3) is 0 Å². The van der Waals surface area contributed by atoms with Gasteiger partial charge in [0.1, 0.15) is 0 Å². The van der Waals surface area contributed by atoms with Crippen molar-refractivity contribution < 1.29 is 0 Å². The lowest BCUT2D eigenvalue weighted by atomic mass is 10.0. The molecular weight excluding hydrogens is 222 g/mol. The van der Waals surface area contributed by atoms with Crippen molar-refractivity contribution in [3.63, 3.8) is 0 Å². The third kappa shape index (κ3) is 1.08. The number of rotatable bonds is 0. The van der Waals surface area contributed by atoms with E-state index in [0.717, 1.165) is 10.9 Å². The average molecular weight is 233 g/mol. The number of hydrogen-bond donors (Lipinski definition) is 0. The largest absolute Gasteiger partial charge is 0.350 e. The molecule has 0 saturated carbocycles. The Balaban J connectivity index is 2.48. The van der Waals surface area contributed by atoms with Gasteiger partial charge in [-0.2, -0.15) is 0 Å². The predicted octanol–water partition coefficient (Wildman–Crippen LogP) is 3.27. The molecule has 0 aliphatic heterocycles. The van der Waals surface area contributed by atoms with Gasteiger partial charge in [0, 0.05) is 53.4 Å². The Morgan fingerprint density at radius 1 is 0.944 bits per heavy atom. The molecule has 0 atom stereocenters. The lowest BCUT2D eigenvalue weighted by molar-refractivity contribution is 0.973. The van der Waals surface area contributed by atoms with Crippen molar-refractivity contribution in [2.75, 3.05) is 0 Å². The molecule has 4 rings (SSSR count). The molecule has 0 saturated heterocycles. The van der Waals surface area contributed by atoms with Gasteiger partial charge in [-0.05, 0) is 18.2 Å². The van der Waals surface area contributed by atoms with Crippen LogP contribution in [0.5, 0.6) is 0 Å². The summed E-state index contributed by atoms with van der Waals surface area (Å²) in [5.74, 6) is 0. The number of hydrogen-bond acceptors (Lipinski definition) is 2. The van der Waals surface area contributed by atoms with Crippen LogP contribution in [0.15, 0.2) is 49.1 Å². The summed E-state index contributed by atoms with van der Waals surface area (Å²) in [6.07, 6.45) is 7.69. The fraction of sp³-hybridized carbons (Fsp3) is 0.0667. The molecule has 86 valence electrons. The molecule has 1 aromatic carbocycles. The van der Waals surface area contributed by atoms with E-state index < -0.39 is 0 Å². The molecule has 0 aliphatic carbocycles. The Bertz CT molecular complexity index is 890. The summed E-state index contributed by atoms with van der Waals surface area (Å²) in [6, 6.07) is 8.29. The monoisotopic (exact) mass is 233 g/mol. The quantitative estimate of drug-likeness (QED) is 0.436. The summed E-state index contributed by atoms with van der Waals surface area (Å²) < 4.78 is 2.14. The normalized spacial score (nSPS) is 11.6. The maximum absolute atomic E-state index is 4.53. The van der Waals surface area contributed by atoms with Crippen LogP contribution in [0.4, 0.5) is 0 Å². The molecule has 0 radical (unpaired) electrons. The van der Waals surface area contributed by atoms with Crippen molar-refractivity contribution in [3.8, 4) is 0 Å². The van der Waals surface area contributed by atoms with Crippen LogP contribution in [-0.4, -0.2) is 14.5 Å². The predicted molar refractivity (Wildman–Crippen MR) is 73.5 cm³/mol. The summed E-state index contributed by atoms with van der Waals surface area (Å²) in [6.45, 7) is 0. The molecule has 0 N–H and O–H groups in total. The highest BCUT2D eigenvalue weighted by Crippen LogP contribution is 2.33. The first kappa shape index (κ1) is 9.59. The molecule has 0 amide bonds. The average Bonchev–Trinajstić information content (AvgIpc) is 2.82. The zero-order valence-electron chi connectivity index (χ0n) is 9.96. The molecule has 3 nitrogen and oxygen atoms in total. The number of fused-ring (bicyclic) bond motifs is 6. The van der Waals surface area contributed by atoms with Gasteiger partial charge in [-0.15, -0.1) is 0 Å². The first-order valence-electron chi connectivity index (χ1n) is 5.92. The van der Waals surface area contributed by atoms with Crippen LogP contribution >= 0.6 is 0 Å². The third-order valence-electron chi connectivity index (χ3n) is 3.50. The van der Waals surface area contributed by atoms with E-state index in [4.69, 9.17) is 0 Å². The fourth-order valence-corrected chi connectivity index (χ4v) is 2.71. The first-order chi connectivity index (χ1) is 8.86. The van der Waals surface area contributed by atoms with E-state index in [9.17, 15) is 0 Å². The van der Waals surface area contributed by atoms with Gasteiger partial charge in [0.05, 0.1) is 11.0 Å². The second-order valence-electron chi connectivity index (χ2n) is 4.51. The second-order valence-corrected chi connectivity index (χ2v) is 4.51. The van der Waals surface area contributed by atoms with Crippen molar-refractivity contribution >= 4 is 32.6 Å². The van der Waals surface area contributed by atoms with E-state index in [1.807, 2.05) is 24.7 Å². The highest BCUT2D eigenvalue weighted by molar-refractivity contribution is 6.23. The van der Waals surface area contributed by atoms with Crippen LogP contribution in [-0.2, 0) is 7.05 Å². The van der Waals surface area contributed by atoms with E-state index in [1.165, 1.54) is 21.7 Å². The van der Waals surface area contributed by atoms with E-state index >= 15 is 0 Å². The van der Waals surface area contributed by atoms with Crippen molar-refractivity contribution in [2.24, 2.45) is 7.05 Å². The van der Waals surface area contributed by atoms with Crippen LogP contribution < -0.4 is 0 Å². The molecule has 0 unspecified atom stereocenters. The molecule has 4 aromatic rings. The Labute approximate surface area is 104 Å². The third-order valence-corrected chi connectivity index (χ3v) is 3.50. The van der Waals surface area contributed by atoms with E-state index in [2.05, 4.69) is 46.0 Å². The van der Waals surface area contributed by atoms with Crippen LogP contribution in [0.1, 0.15) is 0 Å². The Morgan fingerprint density at radius 2 is 1.89 bits per heavy atom. The van der Waals surface area contributed by atoms with Gasteiger partial charge >= 0.3 is 0 Å². The Morgan fingerprint density at radius 3 is 2.83 bits per heavy atom. The SMILES string of the molecule is Cn1ccc2c3ncccc3c3cnccc3c21. The second kappa shape index (κ2) is 3.29. The van der Waals surface area contributed by atoms with Crippen molar-refractivity contribution in [1.29, 1.82) is 0 Å². The number of benzene rings is 1. The molecule has 3 heterocycles. The van der Waals surface area contributed by atoms with Crippen molar-refractivity contribution in [2.45, 2.75) is 0 Å². The van der Waals surface area contributed by atoms with Gasteiger partial charge < -0.3 is 4.57 Å². The van der Waals surface area contributed by atoms with Gasteiger partial charge in [-0.25, -0.2) is 0 Å². The van der Waals surface area contributed by atoms with Gasteiger partial charge in [0.15, 0.2) is 0 Å². The highest BCUT2D eigenvalue weighted by Gasteiger charge is 2.10. The molecule has 3 heteroatoms. The lowest BCUT2D eigenvalue weighted by Gasteiger charge is -2.07. The van der Waals surface area contributed by atoms with Crippen molar-refractivity contribution in [3.05, 3.63) is 49.1 Å². The maximum atomic E-state index is 4.53. The number of aromatic nitrogens is 3. The van der Waals surface area contributed by atoms with E-state index in [-0.39, 0.29) is 0 Å². The minimum absolute atomic E-state index is 1.05. The van der Waals surface area contributed by atoms with Gasteiger partial charge in [-0.3, -0.25) is 9.97 Å². The minimum Gasteiger partial charge on any atom is -0.350 e. The molecule has 18 heavy (non-hydrogen) atoms. The summed E-state index contributed by atoms with van der Waals surface area (Å²) in [5.41, 5.74) is 2.27. The smallest absolute Gasteiger partial charge is 0.0802 e. The molecule has 0 spiro atoms. The minimum atomic E-state index is 1.05. The summed E-state index contributed by atoms with van der Waals surface area (Å²) in [7, 11) is 2.07. The van der Waals surface area contributed by atoms with Crippen LogP contribution in [0, 0.1) is 0 Å². The van der Waals surface area contributed by atoms with Crippen LogP contribution in [0.3, 0.4) is 0 Å².